The molecular formula is C8H10N2O2. The Hall–Kier alpha value is -1.42. The lowest BCUT2D eigenvalue weighted by atomic mass is 10.3. The predicted molar refractivity (Wildman–Crippen MR) is 44.7 cm³/mol. The maximum Gasteiger partial charge on any atom is 0.252 e. The zero-order chi connectivity index (χ0) is 8.97. The Balaban J connectivity index is 2.78. The lowest BCUT2D eigenvalue weighted by Gasteiger charge is -2.14. The third-order valence-electron chi connectivity index (χ3n) is 1.56. The van der Waals surface area contributed by atoms with Gasteiger partial charge in [-0.1, -0.05) is 0 Å². The molecule has 4 heteroatoms. The van der Waals surface area contributed by atoms with Crippen molar-refractivity contribution < 1.29 is 9.90 Å². The molecule has 0 spiro atoms. The smallest absolute Gasteiger partial charge is 0.252 e. The summed E-state index contributed by atoms with van der Waals surface area (Å²) in [5.74, 6) is -0.332. The van der Waals surface area contributed by atoms with Crippen molar-refractivity contribution >= 4 is 11.6 Å². The van der Waals surface area contributed by atoms with Crippen LogP contribution in [0.15, 0.2) is 24.5 Å². The van der Waals surface area contributed by atoms with E-state index in [0.29, 0.717) is 0 Å². The molecule has 1 rings (SSSR count). The Morgan fingerprint density at radius 3 is 2.67 bits per heavy atom. The van der Waals surface area contributed by atoms with E-state index in [2.05, 4.69) is 4.98 Å². The van der Waals surface area contributed by atoms with E-state index in [4.69, 9.17) is 5.11 Å². The first kappa shape index (κ1) is 8.67. The Labute approximate surface area is 70.5 Å². The number of aliphatic hydroxyl groups excluding tert-OH is 1. The van der Waals surface area contributed by atoms with Crippen LogP contribution in [0.3, 0.4) is 0 Å². The van der Waals surface area contributed by atoms with Crippen molar-refractivity contribution in [3.8, 4) is 0 Å². The van der Waals surface area contributed by atoms with Gasteiger partial charge in [0.2, 0.25) is 0 Å². The van der Waals surface area contributed by atoms with Crippen molar-refractivity contribution in [2.75, 3.05) is 18.6 Å². The van der Waals surface area contributed by atoms with E-state index in [1.807, 2.05) is 0 Å². The molecule has 0 unspecified atom stereocenters. The highest BCUT2D eigenvalue weighted by atomic mass is 16.3. The fourth-order valence-corrected chi connectivity index (χ4v) is 0.818. The monoisotopic (exact) mass is 166 g/mol. The van der Waals surface area contributed by atoms with Crippen LogP contribution in [0.25, 0.3) is 0 Å². The number of hydrogen-bond acceptors (Lipinski definition) is 3. The van der Waals surface area contributed by atoms with Gasteiger partial charge < -0.3 is 10.0 Å². The van der Waals surface area contributed by atoms with E-state index in [-0.39, 0.29) is 5.91 Å². The molecule has 64 valence electrons. The zero-order valence-corrected chi connectivity index (χ0v) is 6.77. The molecule has 0 radical (unpaired) electrons. The molecule has 0 saturated carbocycles. The highest BCUT2D eigenvalue weighted by Crippen LogP contribution is 2.08. The number of carbonyl (C=O) groups is 1. The molecule has 0 fully saturated rings. The largest absolute Gasteiger partial charge is 0.387 e. The summed E-state index contributed by atoms with van der Waals surface area (Å²) in [6, 6.07) is 3.40. The van der Waals surface area contributed by atoms with E-state index in [1.165, 1.54) is 4.90 Å². The Bertz CT molecular complexity index is 261. The summed E-state index contributed by atoms with van der Waals surface area (Å²) in [7, 11) is 1.61. The Morgan fingerprint density at radius 2 is 2.17 bits per heavy atom. The second-order valence-corrected chi connectivity index (χ2v) is 2.32. The second kappa shape index (κ2) is 3.82. The molecule has 1 N–H and O–H groups in total. The van der Waals surface area contributed by atoms with Gasteiger partial charge in [0.15, 0.2) is 0 Å². The van der Waals surface area contributed by atoms with Gasteiger partial charge in [0, 0.05) is 25.1 Å². The average Bonchev–Trinajstić information content (AvgIpc) is 2.17. The summed E-state index contributed by atoms with van der Waals surface area (Å²) in [6.07, 6.45) is 3.19. The van der Waals surface area contributed by atoms with Crippen LogP contribution in [0, 0.1) is 0 Å². The molecule has 1 aromatic rings. The van der Waals surface area contributed by atoms with E-state index >= 15 is 0 Å². The fraction of sp³-hybridized carbons (Fsp3) is 0.250. The number of nitrogens with zero attached hydrogens (tertiary/aromatic N) is 2. The topological polar surface area (TPSA) is 53.4 Å². The second-order valence-electron chi connectivity index (χ2n) is 2.32. The predicted octanol–water partition coefficient (Wildman–Crippen LogP) is 0.0367. The highest BCUT2D eigenvalue weighted by Gasteiger charge is 2.07. The van der Waals surface area contributed by atoms with Gasteiger partial charge in [-0.25, -0.2) is 0 Å². The fourth-order valence-electron chi connectivity index (χ4n) is 0.818. The molecule has 0 aromatic carbocycles. The molecule has 1 amide bonds. The SMILES string of the molecule is CN(C(=O)CO)c1ccncc1. The Kier molecular flexibility index (Phi) is 2.76. The molecule has 1 heterocycles. The van der Waals surface area contributed by atoms with Crippen molar-refractivity contribution in [3.05, 3.63) is 24.5 Å². The number of anilines is 1. The van der Waals surface area contributed by atoms with Crippen molar-refractivity contribution in [3.63, 3.8) is 0 Å². The summed E-state index contributed by atoms with van der Waals surface area (Å²) < 4.78 is 0. The molecule has 12 heavy (non-hydrogen) atoms. The normalized spacial score (nSPS) is 9.50. The molecule has 0 aliphatic heterocycles. The number of amides is 1. The van der Waals surface area contributed by atoms with Gasteiger partial charge in [-0.3, -0.25) is 9.78 Å². The van der Waals surface area contributed by atoms with Gasteiger partial charge in [0.1, 0.15) is 6.61 Å². The zero-order valence-electron chi connectivity index (χ0n) is 6.77. The van der Waals surface area contributed by atoms with E-state index in [9.17, 15) is 4.79 Å². The molecule has 0 atom stereocenters. The number of aromatic nitrogens is 1. The summed E-state index contributed by atoms with van der Waals surface area (Å²) >= 11 is 0. The number of carbonyl (C=O) groups excluding carboxylic acids is 1. The molecule has 0 aliphatic rings. The van der Waals surface area contributed by atoms with Crippen molar-refractivity contribution in [1.82, 2.24) is 4.98 Å². The van der Waals surface area contributed by atoms with Crippen LogP contribution in [-0.2, 0) is 4.79 Å². The minimum absolute atomic E-state index is 0.332. The lowest BCUT2D eigenvalue weighted by molar-refractivity contribution is -0.120. The van der Waals surface area contributed by atoms with Crippen LogP contribution in [0.1, 0.15) is 0 Å². The van der Waals surface area contributed by atoms with Gasteiger partial charge in [0.05, 0.1) is 0 Å². The molecule has 0 aliphatic carbocycles. The maximum absolute atomic E-state index is 11.0. The van der Waals surface area contributed by atoms with Crippen LogP contribution in [-0.4, -0.2) is 29.7 Å². The van der Waals surface area contributed by atoms with Crippen molar-refractivity contribution in [2.24, 2.45) is 0 Å². The number of likely N-dealkylation sites (N-methyl/N-ethyl adjacent to an activating group) is 1. The van der Waals surface area contributed by atoms with E-state index < -0.39 is 6.61 Å². The quantitative estimate of drug-likeness (QED) is 0.674. The third kappa shape index (κ3) is 1.79. The van der Waals surface area contributed by atoms with Crippen molar-refractivity contribution in [1.29, 1.82) is 0 Å². The van der Waals surface area contributed by atoms with E-state index in [1.54, 1.807) is 31.6 Å². The first-order valence-electron chi connectivity index (χ1n) is 3.53. The minimum Gasteiger partial charge on any atom is -0.387 e. The van der Waals surface area contributed by atoms with E-state index in [0.717, 1.165) is 5.69 Å². The van der Waals surface area contributed by atoms with Gasteiger partial charge in [-0.2, -0.15) is 0 Å². The van der Waals surface area contributed by atoms with Crippen LogP contribution < -0.4 is 4.90 Å². The van der Waals surface area contributed by atoms with Crippen LogP contribution in [0.2, 0.25) is 0 Å². The molecule has 0 bridgehead atoms. The number of pyridine rings is 1. The number of rotatable bonds is 2. The first-order chi connectivity index (χ1) is 5.75. The number of aliphatic hydroxyl groups is 1. The third-order valence-corrected chi connectivity index (χ3v) is 1.56. The van der Waals surface area contributed by atoms with Gasteiger partial charge in [-0.15, -0.1) is 0 Å². The van der Waals surface area contributed by atoms with Gasteiger partial charge in [0.25, 0.3) is 5.91 Å². The lowest BCUT2D eigenvalue weighted by Crippen LogP contribution is -2.28. The minimum atomic E-state index is -0.473. The first-order valence-corrected chi connectivity index (χ1v) is 3.53. The summed E-state index contributed by atoms with van der Waals surface area (Å²) in [5, 5.41) is 8.56. The molecular weight excluding hydrogens is 156 g/mol. The average molecular weight is 166 g/mol. The maximum atomic E-state index is 11.0. The van der Waals surface area contributed by atoms with Crippen LogP contribution in [0.4, 0.5) is 5.69 Å². The Morgan fingerprint density at radius 1 is 1.58 bits per heavy atom. The standard InChI is InChI=1S/C8H10N2O2/c1-10(8(12)6-11)7-2-4-9-5-3-7/h2-5,11H,6H2,1H3. The summed E-state index contributed by atoms with van der Waals surface area (Å²) in [6.45, 7) is -0.473. The van der Waals surface area contributed by atoms with Gasteiger partial charge in [-0.05, 0) is 12.1 Å². The van der Waals surface area contributed by atoms with Crippen molar-refractivity contribution in [2.45, 2.75) is 0 Å². The summed E-state index contributed by atoms with van der Waals surface area (Å²) in [4.78, 5) is 16.2. The van der Waals surface area contributed by atoms with Gasteiger partial charge >= 0.3 is 0 Å². The molecule has 1 aromatic heterocycles. The summed E-state index contributed by atoms with van der Waals surface area (Å²) in [5.41, 5.74) is 0.726. The van der Waals surface area contributed by atoms with Crippen LogP contribution in [0.5, 0.6) is 0 Å². The highest BCUT2D eigenvalue weighted by molar-refractivity contribution is 5.93. The molecule has 0 saturated heterocycles. The molecule has 4 nitrogen and oxygen atoms in total. The number of hydrogen-bond donors (Lipinski definition) is 1. The van der Waals surface area contributed by atoms with Crippen LogP contribution >= 0.6 is 0 Å².